The molecule has 0 aromatic rings. The summed E-state index contributed by atoms with van der Waals surface area (Å²) in [4.78, 5) is 0. The van der Waals surface area contributed by atoms with Crippen LogP contribution in [0.3, 0.4) is 0 Å². The molecule has 8 nitrogen and oxygen atoms in total. The van der Waals surface area contributed by atoms with Crippen LogP contribution in [0.4, 0.5) is 0 Å². The summed E-state index contributed by atoms with van der Waals surface area (Å²) < 4.78 is 58.4. The normalized spacial score (nSPS) is 15.6. The third-order valence-corrected chi connectivity index (χ3v) is 9.40. The van der Waals surface area contributed by atoms with Crippen molar-refractivity contribution >= 4 is 43.8 Å². The van der Waals surface area contributed by atoms with Crippen molar-refractivity contribution in [2.45, 2.75) is 69.3 Å². The van der Waals surface area contributed by atoms with Gasteiger partial charge in [-0.2, -0.15) is 8.42 Å². The first kappa shape index (κ1) is 27.4. The summed E-state index contributed by atoms with van der Waals surface area (Å²) in [6.07, 6.45) is 2.73. The van der Waals surface area contributed by atoms with Gasteiger partial charge >= 0.3 is 0 Å². The molecule has 0 saturated carbocycles. The minimum atomic E-state index is -4.12. The molecule has 0 aliphatic carbocycles. The summed E-state index contributed by atoms with van der Waals surface area (Å²) in [6, 6.07) is 0. The molecule has 164 valence electrons. The number of rotatable bonds is 16. The Hall–Kier alpha value is 0.440. The molecule has 12 heteroatoms. The lowest BCUT2D eigenvalue weighted by Crippen LogP contribution is -2.31. The van der Waals surface area contributed by atoms with Crippen molar-refractivity contribution < 1.29 is 36.0 Å². The number of hydrogen-bond acceptors (Lipinski definition) is 8. The third-order valence-electron chi connectivity index (χ3n) is 4.03. The number of hydrogen-bond donors (Lipinski definition) is 2. The van der Waals surface area contributed by atoms with Crippen molar-refractivity contribution in [3.8, 4) is 0 Å². The first-order valence-electron chi connectivity index (χ1n) is 8.64. The Labute approximate surface area is 171 Å². The van der Waals surface area contributed by atoms with Gasteiger partial charge in [0.05, 0.1) is 4.75 Å². The van der Waals surface area contributed by atoms with Gasteiger partial charge in [0.2, 0.25) is 0 Å². The first-order chi connectivity index (χ1) is 12.3. The highest BCUT2D eigenvalue weighted by atomic mass is 32.2. The van der Waals surface area contributed by atoms with Gasteiger partial charge < -0.3 is 0 Å². The maximum absolute atomic E-state index is 12.0. The largest absolute Gasteiger partial charge is 0.285 e. The Bertz CT molecular complexity index is 574. The molecule has 0 bridgehead atoms. The van der Waals surface area contributed by atoms with E-state index in [1.807, 2.05) is 13.8 Å². The lowest BCUT2D eigenvalue weighted by Gasteiger charge is -2.20. The second-order valence-electron chi connectivity index (χ2n) is 7.48. The van der Waals surface area contributed by atoms with Crippen LogP contribution in [0.2, 0.25) is 0 Å². The van der Waals surface area contributed by atoms with Gasteiger partial charge in [0.15, 0.2) is 0 Å². The molecule has 0 radical (unpaired) electrons. The van der Waals surface area contributed by atoms with Crippen LogP contribution in [0.1, 0.15) is 59.8 Å². The highest BCUT2D eigenvalue weighted by Crippen LogP contribution is 2.30. The van der Waals surface area contributed by atoms with Gasteiger partial charge in [0, 0.05) is 61.4 Å². The summed E-state index contributed by atoms with van der Waals surface area (Å²) in [5, 5.41) is 11.7. The molecule has 0 fully saturated rings. The Balaban J connectivity index is 3.90. The molecular formula is C15H32O8S4. The van der Waals surface area contributed by atoms with Gasteiger partial charge in [-0.25, -0.2) is 5.26 Å². The molecule has 0 rings (SSSR count). The second-order valence-corrected chi connectivity index (χ2v) is 14.3. The predicted octanol–water partition coefficient (Wildman–Crippen LogP) is 2.95. The maximum Gasteiger partial charge on any atom is 0.270 e. The van der Waals surface area contributed by atoms with Crippen LogP contribution in [0.25, 0.3) is 0 Å². The van der Waals surface area contributed by atoms with E-state index in [4.69, 9.17) is 9.81 Å². The molecule has 2 unspecified atom stereocenters. The van der Waals surface area contributed by atoms with Gasteiger partial charge in [-0.1, -0.05) is 5.04 Å². The van der Waals surface area contributed by atoms with Gasteiger partial charge in [-0.05, 0) is 59.8 Å². The Morgan fingerprint density at radius 2 is 1.33 bits per heavy atom. The van der Waals surface area contributed by atoms with Crippen LogP contribution in [-0.4, -0.2) is 59.2 Å². The van der Waals surface area contributed by atoms with E-state index in [0.29, 0.717) is 35.9 Å². The molecular weight excluding hydrogens is 436 g/mol. The highest BCUT2D eigenvalue weighted by molar-refractivity contribution is 7.95. The summed E-state index contributed by atoms with van der Waals surface area (Å²) in [5.74, 6) is 1.82. The van der Waals surface area contributed by atoms with E-state index in [-0.39, 0.29) is 11.2 Å². The van der Waals surface area contributed by atoms with Crippen molar-refractivity contribution in [1.29, 1.82) is 0 Å². The van der Waals surface area contributed by atoms with Crippen molar-refractivity contribution in [3.05, 3.63) is 0 Å². The van der Waals surface area contributed by atoms with E-state index in [0.717, 1.165) is 24.9 Å². The summed E-state index contributed by atoms with van der Waals surface area (Å²) in [5.41, 5.74) is 0. The molecule has 0 spiro atoms. The third kappa shape index (κ3) is 13.3. The van der Waals surface area contributed by atoms with Gasteiger partial charge in [-0.15, -0.1) is 4.33 Å². The van der Waals surface area contributed by atoms with E-state index in [9.17, 15) is 16.8 Å². The van der Waals surface area contributed by atoms with E-state index in [2.05, 4.69) is 9.37 Å². The zero-order chi connectivity index (χ0) is 21.1. The highest BCUT2D eigenvalue weighted by Gasteiger charge is 2.31. The second kappa shape index (κ2) is 12.9. The lowest BCUT2D eigenvalue weighted by molar-refractivity contribution is -0.432. The van der Waals surface area contributed by atoms with Crippen LogP contribution in [0.5, 0.6) is 0 Å². The molecule has 2 N–H and O–H groups in total. The van der Waals surface area contributed by atoms with Crippen molar-refractivity contribution in [2.75, 3.05) is 23.0 Å². The van der Waals surface area contributed by atoms with E-state index >= 15 is 0 Å². The van der Waals surface area contributed by atoms with E-state index < -0.39 is 36.5 Å². The van der Waals surface area contributed by atoms with Crippen LogP contribution < -0.4 is 0 Å². The van der Waals surface area contributed by atoms with Gasteiger partial charge in [0.25, 0.3) is 10.1 Å². The standard InChI is InChI=1S/C15H32O8S4/c1-14(2,24-23-22-16)8-5-10-25(17)12-7-13-26(18)11-6-9-15(3,4)27(19,20)21/h16H,5-13H2,1-4H3,(H,19,20,21). The predicted molar refractivity (Wildman–Crippen MR) is 111 cm³/mol. The summed E-state index contributed by atoms with van der Waals surface area (Å²) in [7, 11) is -6.20. The zero-order valence-corrected chi connectivity index (χ0v) is 19.6. The lowest BCUT2D eigenvalue weighted by atomic mass is 10.1. The zero-order valence-electron chi connectivity index (χ0n) is 16.3. The van der Waals surface area contributed by atoms with Gasteiger partial charge in [-0.3, -0.25) is 13.0 Å². The minimum absolute atomic E-state index is 0.238. The van der Waals surface area contributed by atoms with Crippen molar-refractivity contribution in [1.82, 2.24) is 0 Å². The molecule has 0 heterocycles. The fraction of sp³-hybridized carbons (Fsp3) is 1.00. The van der Waals surface area contributed by atoms with Crippen LogP contribution in [0.15, 0.2) is 0 Å². The fourth-order valence-corrected chi connectivity index (χ4v) is 5.48. The van der Waals surface area contributed by atoms with E-state index in [1.165, 1.54) is 13.8 Å². The Morgan fingerprint density at radius 3 is 1.78 bits per heavy atom. The smallest absolute Gasteiger partial charge is 0.270 e. The topological polar surface area (TPSA) is 127 Å². The molecule has 0 aromatic heterocycles. The van der Waals surface area contributed by atoms with Crippen molar-refractivity contribution in [2.24, 2.45) is 0 Å². The molecule has 0 aliphatic heterocycles. The molecule has 0 saturated heterocycles. The Morgan fingerprint density at radius 1 is 0.889 bits per heavy atom. The molecule has 0 amide bonds. The maximum atomic E-state index is 12.0. The van der Waals surface area contributed by atoms with Crippen molar-refractivity contribution in [3.63, 3.8) is 0 Å². The summed E-state index contributed by atoms with van der Waals surface area (Å²) >= 11 is 0.998. The fourth-order valence-electron chi connectivity index (χ4n) is 2.18. The SMILES string of the molecule is CC(C)(CCCS(=O)CCCS(=O)CCCC(C)(C)S(=O)(=O)O)SOOO. The minimum Gasteiger partial charge on any atom is -0.285 e. The molecule has 27 heavy (non-hydrogen) atoms. The van der Waals surface area contributed by atoms with Crippen LogP contribution >= 0.6 is 12.0 Å². The van der Waals surface area contributed by atoms with Crippen LogP contribution in [0, 0.1) is 0 Å². The first-order valence-corrected chi connectivity index (χ1v) is 13.8. The summed E-state index contributed by atoms with van der Waals surface area (Å²) in [6.45, 7) is 6.73. The molecule has 0 aliphatic rings. The van der Waals surface area contributed by atoms with Crippen LogP contribution in [-0.2, 0) is 41.1 Å². The average Bonchev–Trinajstić information content (AvgIpc) is 2.51. The van der Waals surface area contributed by atoms with Gasteiger partial charge in [0.1, 0.15) is 0 Å². The Kier molecular flexibility index (Phi) is 13.1. The van der Waals surface area contributed by atoms with E-state index in [1.54, 1.807) is 0 Å². The molecule has 2 atom stereocenters. The average molecular weight is 469 g/mol. The monoisotopic (exact) mass is 468 g/mol. The quantitative estimate of drug-likeness (QED) is 0.152. The molecule has 0 aromatic carbocycles.